The minimum absolute atomic E-state index is 0.151. The average molecular weight is 216 g/mol. The summed E-state index contributed by atoms with van der Waals surface area (Å²) in [4.78, 5) is 21.3. The van der Waals surface area contributed by atoms with Crippen molar-refractivity contribution < 1.29 is 14.7 Å². The van der Waals surface area contributed by atoms with E-state index in [4.69, 9.17) is 16.2 Å². The van der Waals surface area contributed by atoms with Crippen LogP contribution in [0, 0.1) is 5.41 Å². The van der Waals surface area contributed by atoms with Crippen molar-refractivity contribution >= 4 is 17.8 Å². The van der Waals surface area contributed by atoms with Crippen molar-refractivity contribution in [2.75, 3.05) is 6.54 Å². The first kappa shape index (κ1) is 13.2. The lowest BCUT2D eigenvalue weighted by atomic mass is 10.1. The van der Waals surface area contributed by atoms with Crippen molar-refractivity contribution in [2.45, 2.75) is 25.8 Å². The Hall–Kier alpha value is -1.79. The van der Waals surface area contributed by atoms with Crippen molar-refractivity contribution in [3.05, 3.63) is 0 Å². The number of nitrogens with two attached hydrogens (primary N) is 1. The van der Waals surface area contributed by atoms with Gasteiger partial charge in [-0.25, -0.2) is 4.79 Å². The molecule has 0 rings (SSSR count). The Balaban J connectivity index is 3.81. The zero-order chi connectivity index (χ0) is 11.8. The first-order valence-electron chi connectivity index (χ1n) is 4.51. The van der Waals surface area contributed by atoms with Crippen LogP contribution in [0.4, 0.5) is 0 Å². The van der Waals surface area contributed by atoms with Gasteiger partial charge in [0.1, 0.15) is 6.04 Å². The number of hydrogen-bond donors (Lipinski definition) is 5. The minimum atomic E-state index is -1.06. The molecule has 7 heteroatoms. The molecule has 0 radical (unpaired) electrons. The van der Waals surface area contributed by atoms with Gasteiger partial charge < -0.3 is 21.5 Å². The molecule has 15 heavy (non-hydrogen) atoms. The fourth-order valence-corrected chi connectivity index (χ4v) is 1.03. The molecule has 0 aliphatic rings. The van der Waals surface area contributed by atoms with Crippen molar-refractivity contribution in [1.29, 1.82) is 5.41 Å². The lowest BCUT2D eigenvalue weighted by Crippen LogP contribution is -2.40. The van der Waals surface area contributed by atoms with E-state index in [1.165, 1.54) is 6.92 Å². The molecular formula is C8H16N4O3. The second-order valence-electron chi connectivity index (χ2n) is 3.07. The molecule has 0 heterocycles. The first-order chi connectivity index (χ1) is 6.93. The van der Waals surface area contributed by atoms with Gasteiger partial charge in [0.15, 0.2) is 5.96 Å². The van der Waals surface area contributed by atoms with Gasteiger partial charge in [0.25, 0.3) is 0 Å². The Kier molecular flexibility index (Phi) is 5.84. The number of guanidine groups is 1. The molecule has 1 amide bonds. The van der Waals surface area contributed by atoms with E-state index in [9.17, 15) is 9.59 Å². The van der Waals surface area contributed by atoms with E-state index in [0.29, 0.717) is 19.4 Å². The summed E-state index contributed by atoms with van der Waals surface area (Å²) in [7, 11) is 0. The number of rotatable bonds is 6. The van der Waals surface area contributed by atoms with E-state index in [1.807, 2.05) is 0 Å². The molecule has 0 spiro atoms. The highest BCUT2D eigenvalue weighted by atomic mass is 16.4. The van der Waals surface area contributed by atoms with Gasteiger partial charge >= 0.3 is 5.97 Å². The lowest BCUT2D eigenvalue weighted by molar-refractivity contribution is -0.141. The van der Waals surface area contributed by atoms with Crippen LogP contribution >= 0.6 is 0 Å². The fraction of sp³-hybridized carbons (Fsp3) is 0.625. The van der Waals surface area contributed by atoms with E-state index in [0.717, 1.165) is 0 Å². The third-order valence-corrected chi connectivity index (χ3v) is 1.66. The van der Waals surface area contributed by atoms with Crippen LogP contribution in [-0.4, -0.2) is 35.5 Å². The SMILES string of the molecule is CC(=O)N[C@H](CCCNC(=N)N)C(=O)O. The smallest absolute Gasteiger partial charge is 0.326 e. The van der Waals surface area contributed by atoms with Gasteiger partial charge in [0.2, 0.25) is 5.91 Å². The zero-order valence-corrected chi connectivity index (χ0v) is 8.54. The molecule has 1 atom stereocenters. The monoisotopic (exact) mass is 216 g/mol. The van der Waals surface area contributed by atoms with Crippen molar-refractivity contribution in [1.82, 2.24) is 10.6 Å². The first-order valence-corrected chi connectivity index (χ1v) is 4.51. The molecule has 86 valence electrons. The quantitative estimate of drug-likeness (QED) is 0.217. The van der Waals surface area contributed by atoms with Crippen molar-refractivity contribution in [3.63, 3.8) is 0 Å². The molecule has 6 N–H and O–H groups in total. The summed E-state index contributed by atoms with van der Waals surface area (Å²) < 4.78 is 0. The molecule has 0 aliphatic carbocycles. The number of hydrogen-bond acceptors (Lipinski definition) is 3. The number of aliphatic carboxylic acids is 1. The van der Waals surface area contributed by atoms with E-state index < -0.39 is 12.0 Å². The Morgan fingerprint density at radius 3 is 2.53 bits per heavy atom. The Bertz CT molecular complexity index is 254. The van der Waals surface area contributed by atoms with Gasteiger partial charge in [-0.15, -0.1) is 0 Å². The van der Waals surface area contributed by atoms with E-state index in [1.54, 1.807) is 0 Å². The van der Waals surface area contributed by atoms with Crippen LogP contribution in [-0.2, 0) is 9.59 Å². The molecule has 0 bridgehead atoms. The van der Waals surface area contributed by atoms with Crippen molar-refractivity contribution in [2.24, 2.45) is 5.73 Å². The normalized spacial score (nSPS) is 11.5. The minimum Gasteiger partial charge on any atom is -0.480 e. The molecule has 0 fully saturated rings. The summed E-state index contributed by atoms with van der Waals surface area (Å²) in [6.07, 6.45) is 0.812. The molecule has 0 aromatic rings. The second kappa shape index (κ2) is 6.63. The topological polar surface area (TPSA) is 128 Å². The summed E-state index contributed by atoms with van der Waals surface area (Å²) in [5.41, 5.74) is 5.04. The van der Waals surface area contributed by atoms with E-state index in [2.05, 4.69) is 10.6 Å². The maximum absolute atomic E-state index is 10.7. The van der Waals surface area contributed by atoms with Crippen LogP contribution < -0.4 is 16.4 Å². The van der Waals surface area contributed by atoms with Gasteiger partial charge in [-0.3, -0.25) is 10.2 Å². The average Bonchev–Trinajstić information content (AvgIpc) is 2.08. The van der Waals surface area contributed by atoms with Gasteiger partial charge in [-0.05, 0) is 12.8 Å². The molecule has 0 unspecified atom stereocenters. The predicted octanol–water partition coefficient (Wildman–Crippen LogP) is -1.16. The second-order valence-corrected chi connectivity index (χ2v) is 3.07. The van der Waals surface area contributed by atoms with E-state index >= 15 is 0 Å². The van der Waals surface area contributed by atoms with Crippen LogP contribution in [0.5, 0.6) is 0 Å². The number of carbonyl (C=O) groups is 2. The highest BCUT2D eigenvalue weighted by Gasteiger charge is 2.17. The number of carboxylic acids is 1. The zero-order valence-electron chi connectivity index (χ0n) is 8.54. The third-order valence-electron chi connectivity index (χ3n) is 1.66. The Morgan fingerprint density at radius 2 is 2.13 bits per heavy atom. The highest BCUT2D eigenvalue weighted by Crippen LogP contribution is 1.96. The summed E-state index contributed by atoms with van der Waals surface area (Å²) in [6, 6.07) is -0.878. The molecule has 0 aromatic carbocycles. The molecule has 0 saturated heterocycles. The largest absolute Gasteiger partial charge is 0.480 e. The molecule has 0 aliphatic heterocycles. The van der Waals surface area contributed by atoms with E-state index in [-0.39, 0.29) is 11.9 Å². The molecular weight excluding hydrogens is 200 g/mol. The van der Waals surface area contributed by atoms with Gasteiger partial charge in [-0.1, -0.05) is 0 Å². The summed E-state index contributed by atoms with van der Waals surface area (Å²) >= 11 is 0. The maximum Gasteiger partial charge on any atom is 0.326 e. The van der Waals surface area contributed by atoms with Gasteiger partial charge in [0, 0.05) is 13.5 Å². The number of amides is 1. The Morgan fingerprint density at radius 1 is 1.53 bits per heavy atom. The van der Waals surface area contributed by atoms with Crippen LogP contribution in [0.25, 0.3) is 0 Å². The number of carbonyl (C=O) groups excluding carboxylic acids is 1. The summed E-state index contributed by atoms with van der Waals surface area (Å²) in [5, 5.41) is 20.5. The van der Waals surface area contributed by atoms with Gasteiger partial charge in [-0.2, -0.15) is 0 Å². The highest BCUT2D eigenvalue weighted by molar-refractivity contribution is 5.82. The standard InChI is InChI=1S/C8H16N4O3/c1-5(13)12-6(7(14)15)3-2-4-11-8(9)10/h6H,2-4H2,1H3,(H,12,13)(H,14,15)(H4,9,10,11)/t6-/m1/s1. The predicted molar refractivity (Wildman–Crippen MR) is 54.4 cm³/mol. The van der Waals surface area contributed by atoms with Crippen LogP contribution in [0.2, 0.25) is 0 Å². The number of nitrogens with one attached hydrogen (secondary N) is 3. The summed E-state index contributed by atoms with van der Waals surface area (Å²) in [6.45, 7) is 1.68. The molecule has 7 nitrogen and oxygen atoms in total. The van der Waals surface area contributed by atoms with Crippen LogP contribution in [0.15, 0.2) is 0 Å². The van der Waals surface area contributed by atoms with Crippen LogP contribution in [0.3, 0.4) is 0 Å². The number of carboxylic acid groups (broad SMARTS) is 1. The third kappa shape index (κ3) is 7.29. The maximum atomic E-state index is 10.7. The van der Waals surface area contributed by atoms with Gasteiger partial charge in [0.05, 0.1) is 0 Å². The molecule has 0 saturated carbocycles. The molecule has 0 aromatic heterocycles. The lowest BCUT2D eigenvalue weighted by Gasteiger charge is -2.12. The van der Waals surface area contributed by atoms with Crippen molar-refractivity contribution in [3.8, 4) is 0 Å². The Labute approximate surface area is 87.5 Å². The van der Waals surface area contributed by atoms with Crippen LogP contribution in [0.1, 0.15) is 19.8 Å². The summed E-state index contributed by atoms with van der Waals surface area (Å²) in [5.74, 6) is -1.59. The fourth-order valence-electron chi connectivity index (χ4n) is 1.03.